The molecule has 1 heterocycles. The molecule has 2 rings (SSSR count). The van der Waals surface area contributed by atoms with E-state index in [0.717, 1.165) is 5.69 Å². The van der Waals surface area contributed by atoms with Crippen LogP contribution in [0.4, 0.5) is 5.69 Å². The smallest absolute Gasteiger partial charge is 0.347 e. The maximum Gasteiger partial charge on any atom is 0.347 e. The van der Waals surface area contributed by atoms with Crippen LogP contribution in [0.25, 0.3) is 0 Å². The number of ether oxygens (including phenoxy) is 1. The molecule has 1 aromatic carbocycles. The fraction of sp³-hybridized carbons (Fsp3) is 0.222. The van der Waals surface area contributed by atoms with Gasteiger partial charge in [-0.15, -0.1) is 0 Å². The Labute approximate surface area is 70.6 Å². The largest absolute Gasteiger partial charge is 0.420 e. The number of carbonyl (C=O) groups is 1. The quantitative estimate of drug-likeness (QED) is 0.584. The van der Waals surface area contributed by atoms with Crippen molar-refractivity contribution < 1.29 is 9.53 Å². The third-order valence-corrected chi connectivity index (χ3v) is 1.89. The van der Waals surface area contributed by atoms with E-state index in [-0.39, 0.29) is 5.97 Å². The van der Waals surface area contributed by atoms with Gasteiger partial charge in [0.2, 0.25) is 0 Å². The summed E-state index contributed by atoms with van der Waals surface area (Å²) in [6.45, 7) is 0. The lowest BCUT2D eigenvalue weighted by Gasteiger charge is -2.24. The van der Waals surface area contributed by atoms with Crippen LogP contribution in [0.1, 0.15) is 10.4 Å². The van der Waals surface area contributed by atoms with Crippen molar-refractivity contribution >= 4 is 11.7 Å². The lowest BCUT2D eigenvalue weighted by molar-refractivity contribution is 0.0660. The van der Waals surface area contributed by atoms with E-state index < -0.39 is 0 Å². The molecule has 0 aliphatic carbocycles. The molecule has 0 aromatic heterocycles. The number of para-hydroxylation sites is 1. The van der Waals surface area contributed by atoms with Crippen LogP contribution in [-0.4, -0.2) is 20.1 Å². The van der Waals surface area contributed by atoms with E-state index >= 15 is 0 Å². The zero-order valence-electron chi connectivity index (χ0n) is 7.00. The van der Waals surface area contributed by atoms with Gasteiger partial charge < -0.3 is 9.64 Å². The van der Waals surface area contributed by atoms with Crippen LogP contribution in [-0.2, 0) is 0 Å². The van der Waals surface area contributed by atoms with Gasteiger partial charge in [0.05, 0.1) is 5.69 Å². The Hall–Kier alpha value is -1.51. The van der Waals surface area contributed by atoms with Gasteiger partial charge in [-0.3, -0.25) is 0 Å². The Morgan fingerprint density at radius 3 is 2.67 bits per heavy atom. The number of hydrogen-bond acceptors (Lipinski definition) is 3. The van der Waals surface area contributed by atoms with Gasteiger partial charge in [0.25, 0.3) is 0 Å². The molecule has 0 unspecified atom stereocenters. The van der Waals surface area contributed by atoms with E-state index in [1.54, 1.807) is 6.07 Å². The molecular weight excluding hydrogens is 154 g/mol. The minimum absolute atomic E-state index is 0.228. The monoisotopic (exact) mass is 163 g/mol. The Kier molecular flexibility index (Phi) is 1.33. The Morgan fingerprint density at radius 1 is 1.33 bits per heavy atom. The van der Waals surface area contributed by atoms with Crippen molar-refractivity contribution in [1.82, 2.24) is 0 Å². The van der Waals surface area contributed by atoms with E-state index in [0.29, 0.717) is 11.3 Å². The number of nitrogens with zero attached hydrogens (tertiary/aromatic N) is 1. The van der Waals surface area contributed by atoms with E-state index in [4.69, 9.17) is 4.74 Å². The first kappa shape index (κ1) is 7.16. The Bertz CT molecular complexity index is 344. The van der Waals surface area contributed by atoms with Crippen molar-refractivity contribution in [2.75, 3.05) is 19.0 Å². The topological polar surface area (TPSA) is 29.5 Å². The molecule has 0 N–H and O–H groups in total. The molecule has 62 valence electrons. The predicted octanol–water partition coefficient (Wildman–Crippen LogP) is 1.29. The highest BCUT2D eigenvalue weighted by Gasteiger charge is 2.29. The predicted molar refractivity (Wildman–Crippen MR) is 45.7 cm³/mol. The van der Waals surface area contributed by atoms with Crippen molar-refractivity contribution in [3.63, 3.8) is 0 Å². The van der Waals surface area contributed by atoms with E-state index in [9.17, 15) is 4.79 Å². The SMILES string of the molecule is CN(C)c1cccc2c1OC2=O. The highest BCUT2D eigenvalue weighted by molar-refractivity contribution is 6.04. The van der Waals surface area contributed by atoms with Crippen molar-refractivity contribution in [2.24, 2.45) is 0 Å². The van der Waals surface area contributed by atoms with E-state index in [2.05, 4.69) is 0 Å². The molecule has 0 saturated heterocycles. The minimum atomic E-state index is -0.228. The highest BCUT2D eigenvalue weighted by atomic mass is 16.6. The molecule has 1 aromatic rings. The molecule has 0 bridgehead atoms. The molecule has 0 spiro atoms. The molecule has 0 saturated carbocycles. The summed E-state index contributed by atoms with van der Waals surface area (Å²) in [7, 11) is 3.84. The average molecular weight is 163 g/mol. The van der Waals surface area contributed by atoms with Gasteiger partial charge in [0, 0.05) is 14.1 Å². The summed E-state index contributed by atoms with van der Waals surface area (Å²) in [5.41, 5.74) is 1.63. The van der Waals surface area contributed by atoms with Crippen LogP contribution in [0.3, 0.4) is 0 Å². The molecule has 1 aliphatic rings. The van der Waals surface area contributed by atoms with Crippen LogP contribution in [0.2, 0.25) is 0 Å². The lowest BCUT2D eigenvalue weighted by Crippen LogP contribution is -2.24. The molecule has 0 radical (unpaired) electrons. The fourth-order valence-corrected chi connectivity index (χ4v) is 1.25. The van der Waals surface area contributed by atoms with Crippen LogP contribution >= 0.6 is 0 Å². The van der Waals surface area contributed by atoms with Crippen LogP contribution in [0.15, 0.2) is 18.2 Å². The summed E-state index contributed by atoms with van der Waals surface area (Å²) >= 11 is 0. The van der Waals surface area contributed by atoms with Crippen molar-refractivity contribution in [3.8, 4) is 5.75 Å². The molecule has 0 atom stereocenters. The first-order valence-electron chi connectivity index (χ1n) is 3.72. The second-order valence-corrected chi connectivity index (χ2v) is 2.94. The third kappa shape index (κ3) is 0.794. The van der Waals surface area contributed by atoms with Gasteiger partial charge in [-0.25, -0.2) is 4.79 Å². The lowest BCUT2D eigenvalue weighted by atomic mass is 10.1. The number of fused-ring (bicyclic) bond motifs is 1. The van der Waals surface area contributed by atoms with Crippen molar-refractivity contribution in [2.45, 2.75) is 0 Å². The normalized spacial score (nSPS) is 13.0. The number of anilines is 1. The van der Waals surface area contributed by atoms with Gasteiger partial charge >= 0.3 is 5.97 Å². The number of rotatable bonds is 1. The van der Waals surface area contributed by atoms with Gasteiger partial charge in [0.15, 0.2) is 5.75 Å². The summed E-state index contributed by atoms with van der Waals surface area (Å²) < 4.78 is 4.90. The number of esters is 1. The first-order valence-corrected chi connectivity index (χ1v) is 3.72. The van der Waals surface area contributed by atoms with Crippen LogP contribution < -0.4 is 9.64 Å². The van der Waals surface area contributed by atoms with Gasteiger partial charge in [-0.1, -0.05) is 6.07 Å². The summed E-state index contributed by atoms with van der Waals surface area (Å²) in [4.78, 5) is 12.8. The molecule has 0 fully saturated rings. The van der Waals surface area contributed by atoms with Crippen molar-refractivity contribution in [3.05, 3.63) is 23.8 Å². The number of carbonyl (C=O) groups excluding carboxylic acids is 1. The fourth-order valence-electron chi connectivity index (χ4n) is 1.25. The molecule has 3 nitrogen and oxygen atoms in total. The molecule has 0 amide bonds. The second-order valence-electron chi connectivity index (χ2n) is 2.94. The molecular formula is C9H9NO2. The zero-order valence-corrected chi connectivity index (χ0v) is 7.00. The summed E-state index contributed by atoms with van der Waals surface area (Å²) in [6, 6.07) is 5.55. The zero-order chi connectivity index (χ0) is 8.72. The maximum absolute atomic E-state index is 10.9. The van der Waals surface area contributed by atoms with Gasteiger partial charge in [0.1, 0.15) is 5.56 Å². The maximum atomic E-state index is 10.9. The standard InChI is InChI=1S/C9H9NO2/c1-10(2)7-5-3-4-6-8(7)12-9(6)11/h3-5H,1-2H3. The van der Waals surface area contributed by atoms with Crippen molar-refractivity contribution in [1.29, 1.82) is 0 Å². The van der Waals surface area contributed by atoms with Gasteiger partial charge in [-0.05, 0) is 12.1 Å². The minimum Gasteiger partial charge on any atom is -0.420 e. The molecule has 3 heteroatoms. The highest BCUT2D eigenvalue weighted by Crippen LogP contribution is 2.37. The molecule has 1 aliphatic heterocycles. The summed E-state index contributed by atoms with van der Waals surface area (Å²) in [5.74, 6) is 0.473. The summed E-state index contributed by atoms with van der Waals surface area (Å²) in [6.07, 6.45) is 0. The second kappa shape index (κ2) is 2.24. The average Bonchev–Trinajstić information content (AvgIpc) is 2.02. The Balaban J connectivity index is 2.53. The summed E-state index contributed by atoms with van der Waals surface area (Å²) in [5, 5.41) is 0. The third-order valence-electron chi connectivity index (χ3n) is 1.89. The van der Waals surface area contributed by atoms with Crippen LogP contribution in [0.5, 0.6) is 5.75 Å². The van der Waals surface area contributed by atoms with Gasteiger partial charge in [-0.2, -0.15) is 0 Å². The van der Waals surface area contributed by atoms with Crippen LogP contribution in [0, 0.1) is 0 Å². The number of hydrogen-bond donors (Lipinski definition) is 0. The Morgan fingerprint density at radius 2 is 2.08 bits per heavy atom. The first-order chi connectivity index (χ1) is 5.70. The van der Waals surface area contributed by atoms with E-state index in [1.165, 1.54) is 0 Å². The number of benzene rings is 1. The molecule has 12 heavy (non-hydrogen) atoms. The van der Waals surface area contributed by atoms with E-state index in [1.807, 2.05) is 31.1 Å².